The molecule has 0 aromatic rings. The highest BCUT2D eigenvalue weighted by atomic mass is 16.5. The fourth-order valence-corrected chi connectivity index (χ4v) is 3.06. The molecule has 1 N–H and O–H groups in total. The van der Waals surface area contributed by atoms with Crippen molar-refractivity contribution in [3.05, 3.63) is 0 Å². The van der Waals surface area contributed by atoms with Gasteiger partial charge in [-0.15, -0.1) is 0 Å². The minimum atomic E-state index is -0.151. The van der Waals surface area contributed by atoms with E-state index in [1.165, 1.54) is 20.0 Å². The van der Waals surface area contributed by atoms with Crippen LogP contribution in [0.3, 0.4) is 0 Å². The number of methoxy groups -OCH3 is 1. The Hall–Kier alpha value is -1.10. The zero-order chi connectivity index (χ0) is 15.4. The predicted octanol–water partition coefficient (Wildman–Crippen LogP) is 1.42. The number of amides is 1. The molecule has 0 radical (unpaired) electrons. The maximum absolute atomic E-state index is 11.9. The molecule has 1 saturated carbocycles. The summed E-state index contributed by atoms with van der Waals surface area (Å²) in [5.41, 5.74) is 0. The van der Waals surface area contributed by atoms with E-state index < -0.39 is 0 Å². The van der Waals surface area contributed by atoms with Crippen LogP contribution >= 0.6 is 0 Å². The highest BCUT2D eigenvalue weighted by molar-refractivity contribution is 5.78. The third kappa shape index (κ3) is 5.30. The SMILES string of the molecule is COC(=O)CC1CC(NC(=O)C(C)C)CN(CC2CC2)C1. The summed E-state index contributed by atoms with van der Waals surface area (Å²) >= 11 is 0. The van der Waals surface area contributed by atoms with Crippen LogP contribution in [0.25, 0.3) is 0 Å². The third-order valence-electron chi connectivity index (χ3n) is 4.38. The van der Waals surface area contributed by atoms with E-state index in [0.717, 1.165) is 32.0 Å². The maximum Gasteiger partial charge on any atom is 0.305 e. The Balaban J connectivity index is 1.91. The number of ether oxygens (including phenoxy) is 1. The van der Waals surface area contributed by atoms with Gasteiger partial charge in [-0.25, -0.2) is 0 Å². The lowest BCUT2D eigenvalue weighted by atomic mass is 9.91. The van der Waals surface area contributed by atoms with Gasteiger partial charge in [0.2, 0.25) is 5.91 Å². The highest BCUT2D eigenvalue weighted by Crippen LogP contribution is 2.31. The second-order valence-corrected chi connectivity index (χ2v) is 6.90. The molecule has 0 aromatic carbocycles. The maximum atomic E-state index is 11.9. The van der Waals surface area contributed by atoms with E-state index in [1.807, 2.05) is 13.8 Å². The number of hydrogen-bond acceptors (Lipinski definition) is 4. The van der Waals surface area contributed by atoms with Crippen LogP contribution in [0.1, 0.15) is 39.5 Å². The summed E-state index contributed by atoms with van der Waals surface area (Å²) in [7, 11) is 1.44. The first-order chi connectivity index (χ1) is 9.97. The van der Waals surface area contributed by atoms with Crippen LogP contribution in [-0.4, -0.2) is 49.6 Å². The van der Waals surface area contributed by atoms with Crippen molar-refractivity contribution in [2.45, 2.75) is 45.6 Å². The Bertz CT molecular complexity index is 380. The van der Waals surface area contributed by atoms with E-state index in [1.54, 1.807) is 0 Å². The van der Waals surface area contributed by atoms with E-state index in [-0.39, 0.29) is 29.8 Å². The van der Waals surface area contributed by atoms with Crippen molar-refractivity contribution in [3.8, 4) is 0 Å². The predicted molar refractivity (Wildman–Crippen MR) is 80.7 cm³/mol. The fourth-order valence-electron chi connectivity index (χ4n) is 3.06. The molecule has 5 heteroatoms. The molecule has 1 heterocycles. The van der Waals surface area contributed by atoms with Crippen LogP contribution < -0.4 is 5.32 Å². The first-order valence-corrected chi connectivity index (χ1v) is 8.07. The van der Waals surface area contributed by atoms with Gasteiger partial charge in [-0.1, -0.05) is 13.8 Å². The smallest absolute Gasteiger partial charge is 0.305 e. The van der Waals surface area contributed by atoms with Crippen molar-refractivity contribution in [3.63, 3.8) is 0 Å². The average Bonchev–Trinajstić information content (AvgIpc) is 3.22. The zero-order valence-corrected chi connectivity index (χ0v) is 13.4. The normalized spacial score (nSPS) is 26.7. The van der Waals surface area contributed by atoms with Gasteiger partial charge in [0.25, 0.3) is 0 Å². The van der Waals surface area contributed by atoms with Crippen molar-refractivity contribution in [1.29, 1.82) is 0 Å². The van der Waals surface area contributed by atoms with E-state index in [4.69, 9.17) is 4.74 Å². The molecule has 0 spiro atoms. The number of piperidine rings is 1. The molecule has 5 nitrogen and oxygen atoms in total. The lowest BCUT2D eigenvalue weighted by molar-refractivity contribution is -0.142. The fraction of sp³-hybridized carbons (Fsp3) is 0.875. The second kappa shape index (κ2) is 7.25. The van der Waals surface area contributed by atoms with Crippen molar-refractivity contribution < 1.29 is 14.3 Å². The van der Waals surface area contributed by atoms with Crippen LogP contribution in [0, 0.1) is 17.8 Å². The van der Waals surface area contributed by atoms with Gasteiger partial charge in [-0.2, -0.15) is 0 Å². The molecular weight excluding hydrogens is 268 g/mol. The van der Waals surface area contributed by atoms with Gasteiger partial charge < -0.3 is 15.0 Å². The molecule has 1 amide bonds. The summed E-state index contributed by atoms with van der Waals surface area (Å²) in [6, 6.07) is 0.155. The Kier molecular flexibility index (Phi) is 5.62. The van der Waals surface area contributed by atoms with E-state index in [2.05, 4.69) is 10.2 Å². The Morgan fingerprint density at radius 3 is 2.52 bits per heavy atom. The minimum Gasteiger partial charge on any atom is -0.469 e. The van der Waals surface area contributed by atoms with E-state index in [0.29, 0.717) is 6.42 Å². The molecular formula is C16H28N2O3. The summed E-state index contributed by atoms with van der Waals surface area (Å²) in [5, 5.41) is 3.13. The van der Waals surface area contributed by atoms with Gasteiger partial charge in [-0.3, -0.25) is 9.59 Å². The molecule has 21 heavy (non-hydrogen) atoms. The molecule has 0 bridgehead atoms. The first kappa shape index (κ1) is 16.3. The molecule has 2 aliphatic rings. The number of carbonyl (C=O) groups is 2. The lowest BCUT2D eigenvalue weighted by Gasteiger charge is -2.38. The second-order valence-electron chi connectivity index (χ2n) is 6.90. The van der Waals surface area contributed by atoms with Gasteiger partial charge >= 0.3 is 5.97 Å². The van der Waals surface area contributed by atoms with Crippen molar-refractivity contribution in [1.82, 2.24) is 10.2 Å². The molecule has 1 aliphatic carbocycles. The zero-order valence-electron chi connectivity index (χ0n) is 13.4. The number of nitrogens with one attached hydrogen (secondary N) is 1. The highest BCUT2D eigenvalue weighted by Gasteiger charge is 2.33. The summed E-state index contributed by atoms with van der Waals surface area (Å²) < 4.78 is 4.79. The molecule has 0 aromatic heterocycles. The van der Waals surface area contributed by atoms with E-state index in [9.17, 15) is 9.59 Å². The number of esters is 1. The topological polar surface area (TPSA) is 58.6 Å². The number of carbonyl (C=O) groups excluding carboxylic acids is 2. The molecule has 2 atom stereocenters. The standard InChI is InChI=1S/C16H28N2O3/c1-11(2)16(20)17-14-6-13(7-15(19)21-3)9-18(10-14)8-12-4-5-12/h11-14H,4-10H2,1-3H3,(H,17,20). The van der Waals surface area contributed by atoms with Crippen LogP contribution in [0.2, 0.25) is 0 Å². The van der Waals surface area contributed by atoms with Gasteiger partial charge in [-0.05, 0) is 31.1 Å². The number of hydrogen-bond donors (Lipinski definition) is 1. The summed E-state index contributed by atoms with van der Waals surface area (Å²) in [5.74, 6) is 1.06. The van der Waals surface area contributed by atoms with Gasteiger partial charge in [0.05, 0.1) is 7.11 Å². The Labute approximate surface area is 127 Å². The monoisotopic (exact) mass is 296 g/mol. The Morgan fingerprint density at radius 1 is 1.24 bits per heavy atom. The minimum absolute atomic E-state index is 0.00265. The molecule has 2 unspecified atom stereocenters. The van der Waals surface area contributed by atoms with Crippen molar-refractivity contribution in [2.24, 2.45) is 17.8 Å². The number of rotatable bonds is 6. The lowest BCUT2D eigenvalue weighted by Crippen LogP contribution is -2.52. The van der Waals surface area contributed by atoms with Crippen molar-refractivity contribution in [2.75, 3.05) is 26.7 Å². The molecule has 1 aliphatic heterocycles. The van der Waals surface area contributed by atoms with Crippen LogP contribution in [0.15, 0.2) is 0 Å². The Morgan fingerprint density at radius 2 is 1.95 bits per heavy atom. The number of likely N-dealkylation sites (tertiary alicyclic amines) is 1. The third-order valence-corrected chi connectivity index (χ3v) is 4.38. The average molecular weight is 296 g/mol. The van der Waals surface area contributed by atoms with Crippen LogP contribution in [-0.2, 0) is 14.3 Å². The van der Waals surface area contributed by atoms with Crippen LogP contribution in [0.4, 0.5) is 0 Å². The molecule has 1 saturated heterocycles. The van der Waals surface area contributed by atoms with E-state index >= 15 is 0 Å². The van der Waals surface area contributed by atoms with Gasteiger partial charge in [0.1, 0.15) is 0 Å². The summed E-state index contributed by atoms with van der Waals surface area (Å²) in [6.45, 7) is 6.77. The molecule has 2 rings (SSSR count). The molecule has 2 fully saturated rings. The quantitative estimate of drug-likeness (QED) is 0.753. The van der Waals surface area contributed by atoms with Gasteiger partial charge in [0.15, 0.2) is 0 Å². The first-order valence-electron chi connectivity index (χ1n) is 8.07. The molecule has 120 valence electrons. The number of nitrogens with zero attached hydrogens (tertiary/aromatic N) is 1. The van der Waals surface area contributed by atoms with Crippen LogP contribution in [0.5, 0.6) is 0 Å². The summed E-state index contributed by atoms with van der Waals surface area (Å²) in [4.78, 5) is 25.9. The van der Waals surface area contributed by atoms with Crippen molar-refractivity contribution >= 4 is 11.9 Å². The largest absolute Gasteiger partial charge is 0.469 e. The summed E-state index contributed by atoms with van der Waals surface area (Å²) in [6.07, 6.45) is 3.96. The van der Waals surface area contributed by atoms with Gasteiger partial charge in [0, 0.05) is 38.0 Å².